The Morgan fingerprint density at radius 1 is 1.50 bits per heavy atom. The number of para-hydroxylation sites is 1. The molecule has 18 heavy (non-hydrogen) atoms. The summed E-state index contributed by atoms with van der Waals surface area (Å²) in [5, 5.41) is 9.07. The van der Waals surface area contributed by atoms with E-state index in [1.54, 1.807) is 12.0 Å². The first kappa shape index (κ1) is 12.9. The molecule has 1 N–H and O–H groups in total. The number of hydrogen-bond acceptors (Lipinski definition) is 4. The number of amides is 1. The summed E-state index contributed by atoms with van der Waals surface area (Å²) in [6.45, 7) is 0.839. The lowest BCUT2D eigenvalue weighted by Crippen LogP contribution is -2.47. The standard InChI is InChI=1S/C13H17NO4/c1-17-12-5-3-2-4-10(12)6-14-7-11(8-15)18-9-13(14)16/h2-5,11,15H,6-9H2,1H3. The quantitative estimate of drug-likeness (QED) is 0.842. The van der Waals surface area contributed by atoms with Crippen molar-refractivity contribution >= 4 is 5.91 Å². The molecule has 0 saturated carbocycles. The first-order valence-corrected chi connectivity index (χ1v) is 5.86. The summed E-state index contributed by atoms with van der Waals surface area (Å²) in [6.07, 6.45) is -0.294. The summed E-state index contributed by atoms with van der Waals surface area (Å²) in [7, 11) is 1.61. The van der Waals surface area contributed by atoms with Crippen molar-refractivity contribution in [2.24, 2.45) is 0 Å². The highest BCUT2D eigenvalue weighted by molar-refractivity contribution is 5.78. The highest BCUT2D eigenvalue weighted by Gasteiger charge is 2.26. The highest BCUT2D eigenvalue weighted by atomic mass is 16.5. The summed E-state index contributed by atoms with van der Waals surface area (Å²) in [5.74, 6) is 0.697. The molecule has 0 spiro atoms. The van der Waals surface area contributed by atoms with Gasteiger partial charge in [0.1, 0.15) is 12.4 Å². The van der Waals surface area contributed by atoms with Crippen LogP contribution in [0.4, 0.5) is 0 Å². The van der Waals surface area contributed by atoms with Crippen molar-refractivity contribution < 1.29 is 19.4 Å². The van der Waals surface area contributed by atoms with Gasteiger partial charge < -0.3 is 19.5 Å². The molecular weight excluding hydrogens is 234 g/mol. The van der Waals surface area contributed by atoms with Crippen molar-refractivity contribution in [3.05, 3.63) is 29.8 Å². The van der Waals surface area contributed by atoms with Crippen LogP contribution in [-0.4, -0.2) is 48.9 Å². The first-order chi connectivity index (χ1) is 8.74. The lowest BCUT2D eigenvalue weighted by molar-refractivity contribution is -0.151. The molecule has 1 aliphatic heterocycles. The minimum atomic E-state index is -0.294. The fraction of sp³-hybridized carbons (Fsp3) is 0.462. The van der Waals surface area contributed by atoms with Crippen LogP contribution in [0.25, 0.3) is 0 Å². The van der Waals surface area contributed by atoms with Crippen molar-refractivity contribution in [3.8, 4) is 5.75 Å². The molecule has 1 aromatic rings. The molecule has 1 aromatic carbocycles. The van der Waals surface area contributed by atoms with E-state index in [4.69, 9.17) is 14.6 Å². The smallest absolute Gasteiger partial charge is 0.248 e. The normalized spacial score (nSPS) is 20.0. The Morgan fingerprint density at radius 3 is 3.00 bits per heavy atom. The number of nitrogens with zero attached hydrogens (tertiary/aromatic N) is 1. The van der Waals surface area contributed by atoms with E-state index in [2.05, 4.69) is 0 Å². The van der Waals surface area contributed by atoms with Crippen LogP contribution in [0.3, 0.4) is 0 Å². The molecule has 1 amide bonds. The molecule has 1 fully saturated rings. The van der Waals surface area contributed by atoms with Gasteiger partial charge in [0.2, 0.25) is 5.91 Å². The first-order valence-electron chi connectivity index (χ1n) is 5.86. The van der Waals surface area contributed by atoms with Gasteiger partial charge in [0.15, 0.2) is 0 Å². The van der Waals surface area contributed by atoms with Crippen LogP contribution in [0.15, 0.2) is 24.3 Å². The van der Waals surface area contributed by atoms with Crippen molar-refractivity contribution in [2.45, 2.75) is 12.6 Å². The number of carbonyl (C=O) groups excluding carboxylic acids is 1. The number of methoxy groups -OCH3 is 1. The largest absolute Gasteiger partial charge is 0.496 e. The van der Waals surface area contributed by atoms with Crippen molar-refractivity contribution in [1.29, 1.82) is 0 Å². The van der Waals surface area contributed by atoms with Gasteiger partial charge in [-0.3, -0.25) is 4.79 Å². The average molecular weight is 251 g/mol. The molecule has 1 unspecified atom stereocenters. The zero-order valence-electron chi connectivity index (χ0n) is 10.3. The summed E-state index contributed by atoms with van der Waals surface area (Å²) < 4.78 is 10.4. The van der Waals surface area contributed by atoms with Crippen LogP contribution in [0, 0.1) is 0 Å². The van der Waals surface area contributed by atoms with Crippen molar-refractivity contribution in [3.63, 3.8) is 0 Å². The monoisotopic (exact) mass is 251 g/mol. The number of aliphatic hydroxyl groups excluding tert-OH is 1. The Bertz CT molecular complexity index is 421. The molecule has 0 aliphatic carbocycles. The Balaban J connectivity index is 2.09. The molecule has 5 nitrogen and oxygen atoms in total. The van der Waals surface area contributed by atoms with E-state index in [0.29, 0.717) is 13.1 Å². The minimum Gasteiger partial charge on any atom is -0.496 e. The second kappa shape index (κ2) is 5.84. The van der Waals surface area contributed by atoms with Crippen molar-refractivity contribution in [1.82, 2.24) is 4.90 Å². The van der Waals surface area contributed by atoms with E-state index < -0.39 is 0 Å². The molecule has 1 heterocycles. The molecule has 0 aromatic heterocycles. The van der Waals surface area contributed by atoms with E-state index in [1.807, 2.05) is 24.3 Å². The number of carbonyl (C=O) groups is 1. The summed E-state index contributed by atoms with van der Waals surface area (Å²) in [4.78, 5) is 13.4. The summed E-state index contributed by atoms with van der Waals surface area (Å²) in [6, 6.07) is 7.59. The number of ether oxygens (including phenoxy) is 2. The van der Waals surface area contributed by atoms with E-state index in [-0.39, 0.29) is 25.2 Å². The molecule has 2 rings (SSSR count). The zero-order valence-corrected chi connectivity index (χ0v) is 10.3. The topological polar surface area (TPSA) is 59.0 Å². The Kier molecular flexibility index (Phi) is 4.17. The maximum absolute atomic E-state index is 11.7. The van der Waals surface area contributed by atoms with Gasteiger partial charge in [0.05, 0.1) is 19.8 Å². The van der Waals surface area contributed by atoms with Gasteiger partial charge in [-0.2, -0.15) is 0 Å². The van der Waals surface area contributed by atoms with Gasteiger partial charge in [-0.25, -0.2) is 0 Å². The SMILES string of the molecule is COc1ccccc1CN1CC(CO)OCC1=O. The van der Waals surface area contributed by atoms with Crippen LogP contribution < -0.4 is 4.74 Å². The van der Waals surface area contributed by atoms with Crippen molar-refractivity contribution in [2.75, 3.05) is 26.9 Å². The van der Waals surface area contributed by atoms with E-state index in [9.17, 15) is 4.79 Å². The molecule has 0 radical (unpaired) electrons. The Labute approximate surface area is 106 Å². The van der Waals surface area contributed by atoms with E-state index >= 15 is 0 Å². The number of aliphatic hydroxyl groups is 1. The highest BCUT2D eigenvalue weighted by Crippen LogP contribution is 2.20. The average Bonchev–Trinajstić information content (AvgIpc) is 2.42. The number of hydrogen-bond donors (Lipinski definition) is 1. The van der Waals surface area contributed by atoms with Crippen LogP contribution in [0.5, 0.6) is 5.75 Å². The molecular formula is C13H17NO4. The fourth-order valence-electron chi connectivity index (χ4n) is 1.98. The second-order valence-electron chi connectivity index (χ2n) is 4.20. The summed E-state index contributed by atoms with van der Waals surface area (Å²) >= 11 is 0. The van der Waals surface area contributed by atoms with E-state index in [1.165, 1.54) is 0 Å². The third kappa shape index (κ3) is 2.80. The predicted octanol–water partition coefficient (Wildman–Crippen LogP) is 0.415. The van der Waals surface area contributed by atoms with Crippen LogP contribution in [0.1, 0.15) is 5.56 Å². The zero-order chi connectivity index (χ0) is 13.0. The maximum atomic E-state index is 11.7. The molecule has 98 valence electrons. The lowest BCUT2D eigenvalue weighted by atomic mass is 10.1. The third-order valence-corrected chi connectivity index (χ3v) is 2.98. The Morgan fingerprint density at radius 2 is 2.28 bits per heavy atom. The Hall–Kier alpha value is -1.59. The van der Waals surface area contributed by atoms with E-state index in [0.717, 1.165) is 11.3 Å². The summed E-state index contributed by atoms with van der Waals surface area (Å²) in [5.41, 5.74) is 0.951. The van der Waals surface area contributed by atoms with Gasteiger partial charge in [-0.15, -0.1) is 0 Å². The number of benzene rings is 1. The number of morpholine rings is 1. The van der Waals surface area contributed by atoms with Gasteiger partial charge in [0, 0.05) is 18.7 Å². The fourth-order valence-corrected chi connectivity index (χ4v) is 1.98. The minimum absolute atomic E-state index is 0.0282. The lowest BCUT2D eigenvalue weighted by Gasteiger charge is -2.32. The van der Waals surface area contributed by atoms with Crippen LogP contribution >= 0.6 is 0 Å². The van der Waals surface area contributed by atoms with Gasteiger partial charge in [-0.1, -0.05) is 18.2 Å². The molecule has 1 aliphatic rings. The van der Waals surface area contributed by atoms with Gasteiger partial charge in [0.25, 0.3) is 0 Å². The van der Waals surface area contributed by atoms with Crippen LogP contribution in [0.2, 0.25) is 0 Å². The number of rotatable bonds is 4. The molecule has 5 heteroatoms. The molecule has 1 saturated heterocycles. The predicted molar refractivity (Wildman–Crippen MR) is 65.2 cm³/mol. The maximum Gasteiger partial charge on any atom is 0.248 e. The van der Waals surface area contributed by atoms with Crippen LogP contribution in [-0.2, 0) is 16.1 Å². The van der Waals surface area contributed by atoms with Gasteiger partial charge >= 0.3 is 0 Å². The second-order valence-corrected chi connectivity index (χ2v) is 4.20. The molecule has 1 atom stereocenters. The molecule has 0 bridgehead atoms. The van der Waals surface area contributed by atoms with Gasteiger partial charge in [-0.05, 0) is 6.07 Å². The third-order valence-electron chi connectivity index (χ3n) is 2.98.